The van der Waals surface area contributed by atoms with Crippen LogP contribution in [0.2, 0.25) is 0 Å². The van der Waals surface area contributed by atoms with Gasteiger partial charge in [-0.2, -0.15) is 0 Å². The average Bonchev–Trinajstić information content (AvgIpc) is 2.60. The lowest BCUT2D eigenvalue weighted by atomic mass is 10.2. The molecule has 2 aromatic heterocycles. The van der Waals surface area contributed by atoms with Gasteiger partial charge in [-0.25, -0.2) is 0 Å². The number of hydrogen-bond donors (Lipinski definition) is 2. The van der Waals surface area contributed by atoms with Crippen LogP contribution in [0, 0.1) is 10.7 Å². The zero-order valence-electron chi connectivity index (χ0n) is 8.70. The molecule has 0 saturated carbocycles. The largest absolute Gasteiger partial charge is 0.355 e. The zero-order valence-corrected chi connectivity index (χ0v) is 9.52. The van der Waals surface area contributed by atoms with Gasteiger partial charge in [0.2, 0.25) is 0 Å². The third kappa shape index (κ3) is 1.74. The maximum atomic E-state index is 11.5. The minimum Gasteiger partial charge on any atom is -0.355 e. The molecule has 2 rings (SSSR count). The molecule has 0 aliphatic carbocycles. The van der Waals surface area contributed by atoms with Crippen LogP contribution in [-0.4, -0.2) is 14.5 Å². The van der Waals surface area contributed by atoms with Crippen molar-refractivity contribution in [3.8, 4) is 0 Å². The highest BCUT2D eigenvalue weighted by atomic mass is 32.1. The molecule has 0 aromatic carbocycles. The van der Waals surface area contributed by atoms with Crippen molar-refractivity contribution < 1.29 is 0 Å². The highest BCUT2D eigenvalue weighted by Gasteiger charge is 2.06. The van der Waals surface area contributed by atoms with E-state index in [9.17, 15) is 4.79 Å². The SMILES string of the molecule is CC(C)Cn1c(=S)[nH]c(=O)c2[nH]ccc21. The summed E-state index contributed by atoms with van der Waals surface area (Å²) in [5.41, 5.74) is 1.31. The zero-order chi connectivity index (χ0) is 11.0. The maximum Gasteiger partial charge on any atom is 0.276 e. The quantitative estimate of drug-likeness (QED) is 0.765. The number of aromatic amines is 2. The number of nitrogens with one attached hydrogen (secondary N) is 2. The predicted molar refractivity (Wildman–Crippen MR) is 62.6 cm³/mol. The summed E-state index contributed by atoms with van der Waals surface area (Å²) in [5.74, 6) is 0.487. The van der Waals surface area contributed by atoms with Crippen molar-refractivity contribution in [2.24, 2.45) is 5.92 Å². The Balaban J connectivity index is 2.77. The summed E-state index contributed by atoms with van der Waals surface area (Å²) in [5, 5.41) is 0. The third-order valence-electron chi connectivity index (χ3n) is 2.26. The second kappa shape index (κ2) is 3.66. The van der Waals surface area contributed by atoms with E-state index in [2.05, 4.69) is 23.8 Å². The van der Waals surface area contributed by atoms with Crippen molar-refractivity contribution in [2.75, 3.05) is 0 Å². The van der Waals surface area contributed by atoms with Gasteiger partial charge in [-0.05, 0) is 24.2 Å². The van der Waals surface area contributed by atoms with Crippen molar-refractivity contribution in [1.29, 1.82) is 0 Å². The summed E-state index contributed by atoms with van der Waals surface area (Å²) >= 11 is 5.14. The van der Waals surface area contributed by atoms with Crippen molar-refractivity contribution >= 4 is 23.3 Å². The van der Waals surface area contributed by atoms with Gasteiger partial charge in [-0.15, -0.1) is 0 Å². The molecule has 15 heavy (non-hydrogen) atoms. The molecule has 0 fully saturated rings. The van der Waals surface area contributed by atoms with Crippen molar-refractivity contribution in [1.82, 2.24) is 14.5 Å². The summed E-state index contributed by atoms with van der Waals surface area (Å²) in [7, 11) is 0. The van der Waals surface area contributed by atoms with E-state index in [1.807, 2.05) is 10.6 Å². The molecule has 0 radical (unpaired) electrons. The van der Waals surface area contributed by atoms with Gasteiger partial charge in [-0.1, -0.05) is 13.8 Å². The van der Waals surface area contributed by atoms with Gasteiger partial charge in [0.25, 0.3) is 5.56 Å². The Bertz CT molecular complexity index is 590. The first kappa shape index (κ1) is 10.2. The standard InChI is InChI=1S/C10H13N3OS/c1-6(2)5-13-7-3-4-11-8(7)9(14)12-10(13)15/h3-4,6,11H,5H2,1-2H3,(H,12,14,15). The van der Waals surface area contributed by atoms with E-state index in [1.54, 1.807) is 6.20 Å². The molecule has 0 unspecified atom stereocenters. The van der Waals surface area contributed by atoms with E-state index in [0.717, 1.165) is 12.1 Å². The second-order valence-electron chi connectivity index (χ2n) is 4.00. The first-order valence-electron chi connectivity index (χ1n) is 4.90. The topological polar surface area (TPSA) is 53.6 Å². The first-order chi connectivity index (χ1) is 7.09. The van der Waals surface area contributed by atoms with Crippen LogP contribution in [0.1, 0.15) is 13.8 Å². The lowest BCUT2D eigenvalue weighted by molar-refractivity contribution is 0.523. The van der Waals surface area contributed by atoms with Crippen LogP contribution < -0.4 is 5.56 Å². The van der Waals surface area contributed by atoms with Gasteiger partial charge in [0.05, 0.1) is 5.52 Å². The number of nitrogens with zero attached hydrogens (tertiary/aromatic N) is 1. The molecule has 4 nitrogen and oxygen atoms in total. The Hall–Kier alpha value is -1.36. The highest BCUT2D eigenvalue weighted by molar-refractivity contribution is 7.71. The number of hydrogen-bond acceptors (Lipinski definition) is 2. The maximum absolute atomic E-state index is 11.5. The fourth-order valence-electron chi connectivity index (χ4n) is 1.65. The van der Waals surface area contributed by atoms with Gasteiger partial charge >= 0.3 is 0 Å². The molecule has 0 saturated heterocycles. The van der Waals surface area contributed by atoms with Crippen LogP contribution in [0.3, 0.4) is 0 Å². The molecule has 0 amide bonds. The van der Waals surface area contributed by atoms with E-state index >= 15 is 0 Å². The molecule has 5 heteroatoms. The summed E-state index contributed by atoms with van der Waals surface area (Å²) in [6, 6.07) is 1.88. The normalized spacial score (nSPS) is 11.4. The first-order valence-corrected chi connectivity index (χ1v) is 5.30. The number of fused-ring (bicyclic) bond motifs is 1. The van der Waals surface area contributed by atoms with E-state index in [1.165, 1.54) is 0 Å². The minimum atomic E-state index is -0.153. The van der Waals surface area contributed by atoms with Gasteiger partial charge in [0, 0.05) is 12.7 Å². The molecule has 0 bridgehead atoms. The molecule has 0 aliphatic heterocycles. The fraction of sp³-hybridized carbons (Fsp3) is 0.400. The summed E-state index contributed by atoms with van der Waals surface area (Å²) in [6.07, 6.45) is 1.76. The van der Waals surface area contributed by atoms with Crippen LogP contribution in [0.25, 0.3) is 11.0 Å². The molecule has 0 spiro atoms. The molecule has 2 N–H and O–H groups in total. The van der Waals surface area contributed by atoms with Gasteiger partial charge in [0.1, 0.15) is 5.52 Å². The number of aromatic nitrogens is 3. The number of rotatable bonds is 2. The molecule has 0 aliphatic rings. The summed E-state index contributed by atoms with van der Waals surface area (Å²) in [6.45, 7) is 5.04. The summed E-state index contributed by atoms with van der Waals surface area (Å²) in [4.78, 5) is 17.1. The highest BCUT2D eigenvalue weighted by Crippen LogP contribution is 2.10. The smallest absolute Gasteiger partial charge is 0.276 e. The second-order valence-corrected chi connectivity index (χ2v) is 4.39. The van der Waals surface area contributed by atoms with Crippen LogP contribution >= 0.6 is 12.2 Å². The molecule has 2 heterocycles. The fourth-order valence-corrected chi connectivity index (χ4v) is 1.92. The average molecular weight is 223 g/mol. The van der Waals surface area contributed by atoms with Gasteiger partial charge in [-0.3, -0.25) is 9.78 Å². The van der Waals surface area contributed by atoms with E-state index in [-0.39, 0.29) is 5.56 Å². The van der Waals surface area contributed by atoms with Crippen molar-refractivity contribution in [2.45, 2.75) is 20.4 Å². The third-order valence-corrected chi connectivity index (χ3v) is 2.58. The Morgan fingerprint density at radius 3 is 2.93 bits per heavy atom. The Morgan fingerprint density at radius 2 is 2.27 bits per heavy atom. The summed E-state index contributed by atoms with van der Waals surface area (Å²) < 4.78 is 2.44. The Labute approximate surface area is 92.0 Å². The predicted octanol–water partition coefficient (Wildman–Crippen LogP) is 2.04. The molecule has 80 valence electrons. The molecule has 0 atom stereocenters. The monoisotopic (exact) mass is 223 g/mol. The van der Waals surface area contributed by atoms with Crippen molar-refractivity contribution in [3.63, 3.8) is 0 Å². The van der Waals surface area contributed by atoms with Crippen LogP contribution in [0.5, 0.6) is 0 Å². The number of H-pyrrole nitrogens is 2. The van der Waals surface area contributed by atoms with Crippen molar-refractivity contribution in [3.05, 3.63) is 27.4 Å². The van der Waals surface area contributed by atoms with Crippen LogP contribution in [0.15, 0.2) is 17.1 Å². The minimum absolute atomic E-state index is 0.153. The van der Waals surface area contributed by atoms with E-state index in [0.29, 0.717) is 16.2 Å². The van der Waals surface area contributed by atoms with E-state index < -0.39 is 0 Å². The molecular weight excluding hydrogens is 210 g/mol. The Morgan fingerprint density at radius 1 is 1.53 bits per heavy atom. The van der Waals surface area contributed by atoms with Gasteiger partial charge in [0.15, 0.2) is 4.77 Å². The van der Waals surface area contributed by atoms with Gasteiger partial charge < -0.3 is 9.55 Å². The molecular formula is C10H13N3OS. The van der Waals surface area contributed by atoms with Crippen LogP contribution in [0.4, 0.5) is 0 Å². The Kier molecular flexibility index (Phi) is 2.48. The van der Waals surface area contributed by atoms with E-state index in [4.69, 9.17) is 12.2 Å². The molecule has 2 aromatic rings. The van der Waals surface area contributed by atoms with Crippen LogP contribution in [-0.2, 0) is 6.54 Å². The lowest BCUT2D eigenvalue weighted by Crippen LogP contribution is -2.16. The lowest BCUT2D eigenvalue weighted by Gasteiger charge is -2.10.